The number of ether oxygens (including phenoxy) is 1. The number of carbonyl (C=O) groups is 1. The number of pyridine rings is 1. The molecule has 11 heteroatoms. The van der Waals surface area contributed by atoms with Gasteiger partial charge in [-0.2, -0.15) is 18.1 Å². The molecule has 1 aliphatic heterocycles. The van der Waals surface area contributed by atoms with E-state index >= 15 is 4.39 Å². The van der Waals surface area contributed by atoms with Crippen molar-refractivity contribution in [1.29, 1.82) is 0 Å². The van der Waals surface area contributed by atoms with Crippen molar-refractivity contribution in [2.24, 2.45) is 5.18 Å². The minimum atomic E-state index is -4.62. The maximum atomic E-state index is 15.3. The first-order valence-corrected chi connectivity index (χ1v) is 11.8. The van der Waals surface area contributed by atoms with Crippen molar-refractivity contribution in [1.82, 2.24) is 4.98 Å². The third-order valence-corrected chi connectivity index (χ3v) is 6.45. The van der Waals surface area contributed by atoms with Crippen LogP contribution in [0.3, 0.4) is 0 Å². The van der Waals surface area contributed by atoms with Crippen LogP contribution in [0.15, 0.2) is 60.0 Å². The number of aromatic nitrogens is 1. The van der Waals surface area contributed by atoms with Gasteiger partial charge in [0.05, 0.1) is 24.3 Å². The van der Waals surface area contributed by atoms with Gasteiger partial charge in [0.1, 0.15) is 6.54 Å². The van der Waals surface area contributed by atoms with Gasteiger partial charge < -0.3 is 15.0 Å². The van der Waals surface area contributed by atoms with Crippen LogP contribution in [0.25, 0.3) is 11.1 Å². The number of aryl methyl sites for hydroxylation is 1. The molecule has 1 aromatic heterocycles. The van der Waals surface area contributed by atoms with E-state index in [1.165, 1.54) is 0 Å². The second-order valence-electron chi connectivity index (χ2n) is 9.32. The highest BCUT2D eigenvalue weighted by Gasteiger charge is 2.39. The average Bonchev–Trinajstić information content (AvgIpc) is 2.87. The predicted molar refractivity (Wildman–Crippen MR) is 136 cm³/mol. The van der Waals surface area contributed by atoms with Crippen LogP contribution in [0.2, 0.25) is 0 Å². The van der Waals surface area contributed by atoms with Gasteiger partial charge in [0.25, 0.3) is 5.91 Å². The van der Waals surface area contributed by atoms with Crippen molar-refractivity contribution in [2.75, 3.05) is 43.6 Å². The molecule has 0 spiro atoms. The third kappa shape index (κ3) is 5.99. The van der Waals surface area contributed by atoms with Crippen LogP contribution in [0.1, 0.15) is 27.0 Å². The van der Waals surface area contributed by atoms with E-state index in [2.05, 4.69) is 15.5 Å². The Morgan fingerprint density at radius 2 is 1.97 bits per heavy atom. The molecule has 1 atom stereocenters. The van der Waals surface area contributed by atoms with Crippen molar-refractivity contribution in [3.8, 4) is 11.1 Å². The van der Waals surface area contributed by atoms with Crippen molar-refractivity contribution >= 4 is 17.3 Å². The Hall–Kier alpha value is -3.86. The van der Waals surface area contributed by atoms with Gasteiger partial charge in [-0.15, -0.1) is 0 Å². The third-order valence-electron chi connectivity index (χ3n) is 6.45. The van der Waals surface area contributed by atoms with Crippen molar-refractivity contribution < 1.29 is 27.1 Å². The van der Waals surface area contributed by atoms with E-state index in [0.717, 1.165) is 40.2 Å². The number of hydrogen-bond donors (Lipinski definition) is 1. The topological polar surface area (TPSA) is 83.9 Å². The normalized spacial score (nSPS) is 17.2. The molecular formula is C27H26F4N4O3. The van der Waals surface area contributed by atoms with E-state index in [-0.39, 0.29) is 18.5 Å². The summed E-state index contributed by atoms with van der Waals surface area (Å²) in [5.74, 6) is -0.724. The Bertz CT molecular complexity index is 1350. The molecule has 1 N–H and O–H groups in total. The summed E-state index contributed by atoms with van der Waals surface area (Å²) in [5, 5.41) is 5.43. The fourth-order valence-corrected chi connectivity index (χ4v) is 4.56. The number of nitrogens with one attached hydrogen (secondary N) is 1. The number of carbonyl (C=O) groups excluding carboxylic acids is 1. The molecule has 0 radical (unpaired) electrons. The molecule has 0 saturated heterocycles. The highest BCUT2D eigenvalue weighted by molar-refractivity contribution is 6.04. The average molecular weight is 531 g/mol. The van der Waals surface area contributed by atoms with Crippen LogP contribution >= 0.6 is 0 Å². The molecule has 0 aliphatic carbocycles. The fourth-order valence-electron chi connectivity index (χ4n) is 4.56. The number of anilines is 2. The van der Waals surface area contributed by atoms with E-state index in [0.29, 0.717) is 25.0 Å². The summed E-state index contributed by atoms with van der Waals surface area (Å²) >= 11 is 0. The molecule has 2 aromatic carbocycles. The largest absolute Gasteiger partial charge is 0.417 e. The van der Waals surface area contributed by atoms with Gasteiger partial charge in [-0.1, -0.05) is 23.4 Å². The Morgan fingerprint density at radius 1 is 1.18 bits per heavy atom. The van der Waals surface area contributed by atoms with Crippen LogP contribution in [-0.4, -0.2) is 49.9 Å². The lowest BCUT2D eigenvalue weighted by molar-refractivity contribution is -0.137. The molecular weight excluding hydrogens is 504 g/mol. The number of fused-ring (bicyclic) bond motifs is 1. The summed E-state index contributed by atoms with van der Waals surface area (Å²) in [6.07, 6.45) is -2.83. The zero-order valence-electron chi connectivity index (χ0n) is 20.8. The number of rotatable bonds is 8. The second kappa shape index (κ2) is 10.9. The Kier molecular flexibility index (Phi) is 7.77. The quantitative estimate of drug-likeness (QED) is 0.294. The molecule has 38 heavy (non-hydrogen) atoms. The molecule has 1 aliphatic rings. The van der Waals surface area contributed by atoms with Crippen LogP contribution in [0.4, 0.5) is 28.9 Å². The smallest absolute Gasteiger partial charge is 0.383 e. The summed E-state index contributed by atoms with van der Waals surface area (Å²) in [5.41, 5.74) is 1.42. The van der Waals surface area contributed by atoms with Gasteiger partial charge in [-0.3, -0.25) is 9.78 Å². The number of nitroso groups, excluding NO2 is 1. The molecule has 2 heterocycles. The number of alkyl halides is 4. The van der Waals surface area contributed by atoms with Gasteiger partial charge in [-0.25, -0.2) is 4.39 Å². The van der Waals surface area contributed by atoms with Crippen LogP contribution in [0, 0.1) is 11.8 Å². The predicted octanol–water partition coefficient (Wildman–Crippen LogP) is 5.81. The first kappa shape index (κ1) is 27.2. The van der Waals surface area contributed by atoms with E-state index < -0.39 is 29.9 Å². The SMILES string of the molecule is COCCN1C[C@](F)(CN=O)Cc2ccc(-c3cc(NC(=O)c4cncc(C(F)(F)F)c4)ccc3C)cc21. The Morgan fingerprint density at radius 3 is 2.68 bits per heavy atom. The minimum Gasteiger partial charge on any atom is -0.383 e. The summed E-state index contributed by atoms with van der Waals surface area (Å²) in [7, 11) is 1.55. The maximum Gasteiger partial charge on any atom is 0.417 e. The highest BCUT2D eigenvalue weighted by atomic mass is 19.4. The zero-order valence-corrected chi connectivity index (χ0v) is 20.8. The van der Waals surface area contributed by atoms with Gasteiger partial charge in [-0.05, 0) is 53.4 Å². The van der Waals surface area contributed by atoms with E-state index in [1.54, 1.807) is 25.3 Å². The van der Waals surface area contributed by atoms with Crippen LogP contribution in [-0.2, 0) is 17.3 Å². The summed E-state index contributed by atoms with van der Waals surface area (Å²) in [6, 6.07) is 11.5. The molecule has 1 amide bonds. The van der Waals surface area contributed by atoms with E-state index in [1.807, 2.05) is 30.0 Å². The molecule has 7 nitrogen and oxygen atoms in total. The van der Waals surface area contributed by atoms with E-state index in [4.69, 9.17) is 4.74 Å². The van der Waals surface area contributed by atoms with Gasteiger partial charge in [0.15, 0.2) is 5.67 Å². The number of amides is 1. The summed E-state index contributed by atoms with van der Waals surface area (Å²) in [6.45, 7) is 2.22. The summed E-state index contributed by atoms with van der Waals surface area (Å²) in [4.78, 5) is 28.9. The molecule has 4 rings (SSSR count). The number of hydrogen-bond acceptors (Lipinski definition) is 6. The maximum absolute atomic E-state index is 15.3. The van der Waals surface area contributed by atoms with Crippen molar-refractivity contribution in [3.05, 3.63) is 82.0 Å². The Balaban J connectivity index is 1.63. The van der Waals surface area contributed by atoms with Gasteiger partial charge in [0, 0.05) is 43.8 Å². The fraction of sp³-hybridized carbons (Fsp3) is 0.333. The Labute approximate surface area is 216 Å². The number of methoxy groups -OCH3 is 1. The number of benzene rings is 2. The van der Waals surface area contributed by atoms with Crippen molar-refractivity contribution in [2.45, 2.75) is 25.2 Å². The lowest BCUT2D eigenvalue weighted by Crippen LogP contribution is -2.48. The molecule has 200 valence electrons. The van der Waals surface area contributed by atoms with Gasteiger partial charge in [0.2, 0.25) is 0 Å². The first-order chi connectivity index (χ1) is 18.0. The summed E-state index contributed by atoms with van der Waals surface area (Å²) < 4.78 is 59.6. The lowest BCUT2D eigenvalue weighted by atomic mass is 9.87. The molecule has 0 bridgehead atoms. The highest BCUT2D eigenvalue weighted by Crippen LogP contribution is 2.38. The molecule has 0 saturated carbocycles. The van der Waals surface area contributed by atoms with Crippen LogP contribution < -0.4 is 10.2 Å². The van der Waals surface area contributed by atoms with E-state index in [9.17, 15) is 22.9 Å². The minimum absolute atomic E-state index is 0.00133. The van der Waals surface area contributed by atoms with Crippen molar-refractivity contribution in [3.63, 3.8) is 0 Å². The molecule has 0 fully saturated rings. The monoisotopic (exact) mass is 530 g/mol. The first-order valence-electron chi connectivity index (χ1n) is 11.8. The van der Waals surface area contributed by atoms with Crippen LogP contribution in [0.5, 0.6) is 0 Å². The molecule has 0 unspecified atom stereocenters. The lowest BCUT2D eigenvalue weighted by Gasteiger charge is -2.39. The van der Waals surface area contributed by atoms with Gasteiger partial charge >= 0.3 is 6.18 Å². The number of halogens is 4. The number of nitrogens with zero attached hydrogens (tertiary/aromatic N) is 3. The second-order valence-corrected chi connectivity index (χ2v) is 9.32. The standard InChI is InChI=1S/C27H26F4N4O3/c1-17-3-6-22(34-25(36)20-9-21(14-32-13-20)27(29,30)31)11-23(17)18-4-5-19-12-26(28,15-33-37)16-35(7-8-38-2)24(19)10-18/h3-6,9-11,13-14H,7-8,12,15-16H2,1-2H3,(H,34,36)/t26-/m1/s1. The zero-order chi connectivity index (χ0) is 27.5. The molecule has 3 aromatic rings.